The van der Waals surface area contributed by atoms with Crippen molar-refractivity contribution in [2.24, 2.45) is 5.41 Å². The first-order chi connectivity index (χ1) is 12.5. The summed E-state index contributed by atoms with van der Waals surface area (Å²) in [4.78, 5) is 0. The fourth-order valence-electron chi connectivity index (χ4n) is 3.83. The van der Waals surface area contributed by atoms with Crippen molar-refractivity contribution in [2.45, 2.75) is 83.1 Å². The van der Waals surface area contributed by atoms with Crippen molar-refractivity contribution in [2.75, 3.05) is 6.61 Å². The Labute approximate surface area is 159 Å². The topological polar surface area (TPSA) is 140 Å². The highest BCUT2D eigenvalue weighted by molar-refractivity contribution is 5.36. The molecule has 2 aliphatic rings. The largest absolute Gasteiger partial charge is 0.394 e. The van der Waals surface area contributed by atoms with Gasteiger partial charge in [-0.25, -0.2) is 0 Å². The van der Waals surface area contributed by atoms with Crippen molar-refractivity contribution >= 4 is 0 Å². The van der Waals surface area contributed by atoms with Crippen LogP contribution in [0.5, 0.6) is 0 Å². The Morgan fingerprint density at radius 2 is 1.81 bits per heavy atom. The number of hydrogen-bond acceptors (Lipinski definition) is 8. The lowest BCUT2D eigenvalue weighted by Crippen LogP contribution is -2.60. The number of ether oxygens (including phenoxy) is 2. The highest BCUT2D eigenvalue weighted by atomic mass is 16.7. The molecule has 27 heavy (non-hydrogen) atoms. The monoisotopic (exact) mass is 388 g/mol. The lowest BCUT2D eigenvalue weighted by atomic mass is 9.70. The summed E-state index contributed by atoms with van der Waals surface area (Å²) < 4.78 is 11.2. The van der Waals surface area contributed by atoms with Crippen LogP contribution in [0.2, 0.25) is 0 Å². The third-order valence-electron chi connectivity index (χ3n) is 5.32. The van der Waals surface area contributed by atoms with E-state index in [0.29, 0.717) is 12.0 Å². The van der Waals surface area contributed by atoms with E-state index < -0.39 is 55.6 Å². The molecule has 1 fully saturated rings. The minimum absolute atomic E-state index is 0.357. The summed E-state index contributed by atoms with van der Waals surface area (Å²) in [5, 5.41) is 59.4. The summed E-state index contributed by atoms with van der Waals surface area (Å²) in [6.45, 7) is 6.83. The summed E-state index contributed by atoms with van der Waals surface area (Å²) in [6.07, 6.45) is -5.44. The fourth-order valence-corrected chi connectivity index (χ4v) is 3.83. The van der Waals surface area contributed by atoms with Gasteiger partial charge >= 0.3 is 0 Å². The quantitative estimate of drug-likeness (QED) is 0.360. The molecule has 8 atom stereocenters. The summed E-state index contributed by atoms with van der Waals surface area (Å²) >= 11 is 0. The van der Waals surface area contributed by atoms with E-state index in [1.165, 1.54) is 0 Å². The van der Waals surface area contributed by atoms with Gasteiger partial charge in [0.2, 0.25) is 0 Å². The zero-order chi connectivity index (χ0) is 20.5. The minimum atomic E-state index is -1.54. The standard InChI is InChI=1S/C19H32O8/c1-9(21)5-6-11-10(2)17(12(22)7-19(11,3)4)27-18-16(25)15(24)14(23)13(8-20)26-18/h5-6,9,12-18,20-25H,7-8H2,1-4H3/b6-5+/t9-,12+,13-,14-,15+,16-,17-,18+/m1/s1. The molecule has 0 unspecified atom stereocenters. The Morgan fingerprint density at radius 1 is 1.19 bits per heavy atom. The van der Waals surface area contributed by atoms with Crippen LogP contribution in [0.15, 0.2) is 23.3 Å². The lowest BCUT2D eigenvalue weighted by Gasteiger charge is -2.45. The Morgan fingerprint density at radius 3 is 2.37 bits per heavy atom. The van der Waals surface area contributed by atoms with E-state index in [4.69, 9.17) is 9.47 Å². The number of aliphatic hydroxyl groups excluding tert-OH is 6. The van der Waals surface area contributed by atoms with Crippen molar-refractivity contribution in [3.8, 4) is 0 Å². The van der Waals surface area contributed by atoms with Gasteiger partial charge in [-0.05, 0) is 36.8 Å². The maximum absolute atomic E-state index is 10.6. The van der Waals surface area contributed by atoms with E-state index in [9.17, 15) is 30.6 Å². The number of allylic oxidation sites excluding steroid dienone is 2. The second-order valence-electron chi connectivity index (χ2n) is 8.11. The summed E-state index contributed by atoms with van der Waals surface area (Å²) in [6, 6.07) is 0. The van der Waals surface area contributed by atoms with E-state index >= 15 is 0 Å². The molecule has 1 aliphatic heterocycles. The van der Waals surface area contributed by atoms with Gasteiger partial charge in [0, 0.05) is 0 Å². The van der Waals surface area contributed by atoms with E-state index in [1.807, 2.05) is 13.8 Å². The molecule has 6 N–H and O–H groups in total. The van der Waals surface area contributed by atoms with Crippen LogP contribution in [0.3, 0.4) is 0 Å². The molecule has 1 saturated heterocycles. The third-order valence-corrected chi connectivity index (χ3v) is 5.32. The lowest BCUT2D eigenvalue weighted by molar-refractivity contribution is -0.314. The van der Waals surface area contributed by atoms with Crippen LogP contribution in [0.4, 0.5) is 0 Å². The summed E-state index contributed by atoms with van der Waals surface area (Å²) in [7, 11) is 0. The van der Waals surface area contributed by atoms with Crippen molar-refractivity contribution in [3.63, 3.8) is 0 Å². The molecular weight excluding hydrogens is 356 g/mol. The predicted molar refractivity (Wildman–Crippen MR) is 96.6 cm³/mol. The Hall–Kier alpha value is -0.840. The van der Waals surface area contributed by atoms with Gasteiger partial charge in [0.25, 0.3) is 0 Å². The van der Waals surface area contributed by atoms with Crippen LogP contribution in [0.25, 0.3) is 0 Å². The molecule has 0 spiro atoms. The Bertz CT molecular complexity index is 568. The van der Waals surface area contributed by atoms with Crippen molar-refractivity contribution in [1.82, 2.24) is 0 Å². The Kier molecular flexibility index (Phi) is 7.21. The van der Waals surface area contributed by atoms with Gasteiger partial charge in [0.1, 0.15) is 30.5 Å². The third kappa shape index (κ3) is 4.78. The molecule has 0 saturated carbocycles. The van der Waals surface area contributed by atoms with Crippen LogP contribution >= 0.6 is 0 Å². The average Bonchev–Trinajstić information content (AvgIpc) is 2.57. The molecule has 0 radical (unpaired) electrons. The molecule has 8 nitrogen and oxygen atoms in total. The maximum Gasteiger partial charge on any atom is 0.187 e. The van der Waals surface area contributed by atoms with E-state index in [1.54, 1.807) is 26.0 Å². The fraction of sp³-hybridized carbons (Fsp3) is 0.789. The highest BCUT2D eigenvalue weighted by Crippen LogP contribution is 2.43. The first-order valence-electron chi connectivity index (χ1n) is 9.21. The van der Waals surface area contributed by atoms with Gasteiger partial charge in [-0.3, -0.25) is 0 Å². The van der Waals surface area contributed by atoms with Crippen molar-refractivity contribution < 1.29 is 40.1 Å². The number of aliphatic hydroxyl groups is 6. The van der Waals surface area contributed by atoms with Crippen molar-refractivity contribution in [3.05, 3.63) is 23.3 Å². The second kappa shape index (κ2) is 8.67. The molecule has 1 aliphatic carbocycles. The zero-order valence-corrected chi connectivity index (χ0v) is 16.2. The molecule has 0 aromatic carbocycles. The van der Waals surface area contributed by atoms with Gasteiger partial charge in [-0.1, -0.05) is 26.0 Å². The molecule has 8 heteroatoms. The summed E-state index contributed by atoms with van der Waals surface area (Å²) in [5.41, 5.74) is 1.25. The molecule has 0 amide bonds. The highest BCUT2D eigenvalue weighted by Gasteiger charge is 2.47. The summed E-state index contributed by atoms with van der Waals surface area (Å²) in [5.74, 6) is 0. The van der Waals surface area contributed by atoms with Crippen LogP contribution in [0, 0.1) is 5.41 Å². The van der Waals surface area contributed by atoms with Gasteiger partial charge in [0.05, 0.1) is 18.8 Å². The second-order valence-corrected chi connectivity index (χ2v) is 8.11. The van der Waals surface area contributed by atoms with Gasteiger partial charge in [0.15, 0.2) is 6.29 Å². The first-order valence-corrected chi connectivity index (χ1v) is 9.21. The van der Waals surface area contributed by atoms with Crippen molar-refractivity contribution in [1.29, 1.82) is 0 Å². The van der Waals surface area contributed by atoms with Gasteiger partial charge in [-0.15, -0.1) is 0 Å². The smallest absolute Gasteiger partial charge is 0.187 e. The van der Waals surface area contributed by atoms with Crippen LogP contribution in [-0.2, 0) is 9.47 Å². The van der Waals surface area contributed by atoms with Gasteiger partial charge < -0.3 is 40.1 Å². The average molecular weight is 388 g/mol. The van der Waals surface area contributed by atoms with Gasteiger partial charge in [-0.2, -0.15) is 0 Å². The molecule has 0 aromatic rings. The Balaban J connectivity index is 2.29. The molecule has 2 rings (SSSR count). The zero-order valence-electron chi connectivity index (χ0n) is 16.2. The van der Waals surface area contributed by atoms with Crippen LogP contribution in [-0.4, -0.2) is 86.3 Å². The van der Waals surface area contributed by atoms with E-state index in [2.05, 4.69) is 0 Å². The number of rotatable bonds is 5. The molecule has 0 aromatic heterocycles. The molecule has 156 valence electrons. The SMILES string of the molecule is CC1=C(/C=C/[C@@H](C)O)C(C)(C)C[C@H](O)[C@@H]1O[C@@H]1O[C@H](CO)[C@@H](O)[C@H](O)[C@H]1O. The van der Waals surface area contributed by atoms with Crippen LogP contribution in [0.1, 0.15) is 34.1 Å². The van der Waals surface area contributed by atoms with E-state index in [-0.39, 0.29) is 5.41 Å². The normalized spacial score (nSPS) is 41.2. The maximum atomic E-state index is 10.6. The first kappa shape index (κ1) is 22.4. The minimum Gasteiger partial charge on any atom is -0.394 e. The molecular formula is C19H32O8. The molecule has 1 heterocycles. The van der Waals surface area contributed by atoms with E-state index in [0.717, 1.165) is 5.57 Å². The van der Waals surface area contributed by atoms with Crippen LogP contribution < -0.4 is 0 Å². The number of hydrogen-bond donors (Lipinski definition) is 6. The molecule has 0 bridgehead atoms. The predicted octanol–water partition coefficient (Wildman–Crippen LogP) is -0.784.